The molecule has 0 amide bonds. The predicted octanol–water partition coefficient (Wildman–Crippen LogP) is 5.34. The van der Waals surface area contributed by atoms with E-state index in [1.54, 1.807) is 0 Å². The van der Waals surface area contributed by atoms with Crippen molar-refractivity contribution >= 4 is 11.9 Å². The maximum Gasteiger partial charge on any atom is 0.158 e. The van der Waals surface area contributed by atoms with E-state index in [-0.39, 0.29) is 0 Å². The zero-order valence-electron chi connectivity index (χ0n) is 12.7. The highest BCUT2D eigenvalue weighted by molar-refractivity contribution is 6.00. The highest BCUT2D eigenvalue weighted by atomic mass is 16.1. The number of hydrogen-bond acceptors (Lipinski definition) is 1. The number of ketones is 1. The van der Waals surface area contributed by atoms with E-state index in [4.69, 9.17) is 0 Å². The second-order valence-electron chi connectivity index (χ2n) is 5.81. The van der Waals surface area contributed by atoms with E-state index in [9.17, 15) is 4.79 Å². The molecule has 0 aliphatic heterocycles. The van der Waals surface area contributed by atoms with Crippen LogP contribution in [-0.4, -0.2) is 5.78 Å². The Morgan fingerprint density at radius 1 is 1.05 bits per heavy atom. The molecule has 1 aromatic carbocycles. The first-order valence-electron chi connectivity index (χ1n) is 8.13. The number of aryl methyl sites for hydroxylation is 1. The normalized spacial score (nSPS) is 17.6. The van der Waals surface area contributed by atoms with E-state index in [1.807, 2.05) is 0 Å². The summed E-state index contributed by atoms with van der Waals surface area (Å²) in [4.78, 5) is 11.9. The first-order chi connectivity index (χ1) is 9.81. The van der Waals surface area contributed by atoms with Gasteiger partial charge in [0.25, 0.3) is 0 Å². The van der Waals surface area contributed by atoms with E-state index < -0.39 is 0 Å². The smallest absolute Gasteiger partial charge is 0.158 e. The van der Waals surface area contributed by atoms with Crippen LogP contribution in [0.25, 0.3) is 6.08 Å². The summed E-state index contributed by atoms with van der Waals surface area (Å²) in [5, 5.41) is 0. The van der Waals surface area contributed by atoms with Gasteiger partial charge in [-0.3, -0.25) is 4.79 Å². The minimum absolute atomic E-state index is 0.358. The molecule has 0 atom stereocenters. The molecule has 0 heterocycles. The van der Waals surface area contributed by atoms with Gasteiger partial charge in [-0.1, -0.05) is 50.5 Å². The number of allylic oxidation sites excluding steroid dienone is 1. The summed E-state index contributed by atoms with van der Waals surface area (Å²) in [6, 6.07) is 8.56. The molecule has 1 fully saturated rings. The molecule has 1 nitrogen and oxygen atoms in total. The fourth-order valence-corrected chi connectivity index (χ4v) is 2.89. The average molecular weight is 270 g/mol. The number of carbonyl (C=O) groups is 1. The summed E-state index contributed by atoms with van der Waals surface area (Å²) in [5.41, 5.74) is 3.70. The molecule has 0 spiro atoms. The summed E-state index contributed by atoms with van der Waals surface area (Å²) in [6.07, 6.45) is 12.4. The number of benzene rings is 1. The molecule has 20 heavy (non-hydrogen) atoms. The monoisotopic (exact) mass is 270 g/mol. The molecule has 0 N–H and O–H groups in total. The van der Waals surface area contributed by atoms with Crippen LogP contribution in [0.2, 0.25) is 0 Å². The minimum atomic E-state index is 0.358. The molecule has 1 aliphatic rings. The van der Waals surface area contributed by atoms with Crippen LogP contribution in [0.4, 0.5) is 0 Å². The van der Waals surface area contributed by atoms with Crippen LogP contribution in [0.5, 0.6) is 0 Å². The van der Waals surface area contributed by atoms with E-state index in [0.717, 1.165) is 37.7 Å². The van der Waals surface area contributed by atoms with Crippen LogP contribution in [0, 0.1) is 0 Å². The van der Waals surface area contributed by atoms with E-state index in [2.05, 4.69) is 37.3 Å². The Morgan fingerprint density at radius 2 is 1.85 bits per heavy atom. The zero-order chi connectivity index (χ0) is 14.2. The molecule has 0 saturated heterocycles. The highest BCUT2D eigenvalue weighted by Crippen LogP contribution is 2.24. The lowest BCUT2D eigenvalue weighted by Gasteiger charge is -2.13. The van der Waals surface area contributed by atoms with Gasteiger partial charge in [-0.2, -0.15) is 0 Å². The predicted molar refractivity (Wildman–Crippen MR) is 85.7 cm³/mol. The van der Waals surface area contributed by atoms with Gasteiger partial charge in [0.05, 0.1) is 0 Å². The number of rotatable bonds is 6. The lowest BCUT2D eigenvalue weighted by Crippen LogP contribution is -2.08. The van der Waals surface area contributed by atoms with Gasteiger partial charge in [-0.05, 0) is 54.9 Å². The molecular weight excluding hydrogens is 244 g/mol. The van der Waals surface area contributed by atoms with Crippen LogP contribution < -0.4 is 0 Å². The fourth-order valence-electron chi connectivity index (χ4n) is 2.89. The quantitative estimate of drug-likeness (QED) is 0.504. The fraction of sp³-hybridized carbons (Fsp3) is 0.526. The van der Waals surface area contributed by atoms with Crippen molar-refractivity contribution < 1.29 is 4.79 Å². The topological polar surface area (TPSA) is 17.1 Å². The molecule has 0 bridgehead atoms. The Kier molecular flexibility index (Phi) is 6.04. The SMILES string of the molecule is CCCCCCc1ccccc1C=C1CCCCC1=O. The molecule has 2 rings (SSSR count). The van der Waals surface area contributed by atoms with Crippen molar-refractivity contribution in [2.45, 2.75) is 64.7 Å². The summed E-state index contributed by atoms with van der Waals surface area (Å²) in [6.45, 7) is 2.24. The molecule has 0 radical (unpaired) electrons. The Hall–Kier alpha value is -1.37. The van der Waals surface area contributed by atoms with Gasteiger partial charge < -0.3 is 0 Å². The van der Waals surface area contributed by atoms with Crippen molar-refractivity contribution in [3.63, 3.8) is 0 Å². The largest absolute Gasteiger partial charge is 0.295 e. The molecule has 1 aromatic rings. The van der Waals surface area contributed by atoms with Crippen molar-refractivity contribution in [3.05, 3.63) is 41.0 Å². The highest BCUT2D eigenvalue weighted by Gasteiger charge is 2.15. The molecule has 108 valence electrons. The summed E-state index contributed by atoms with van der Waals surface area (Å²) >= 11 is 0. The maximum atomic E-state index is 11.9. The maximum absolute atomic E-state index is 11.9. The van der Waals surface area contributed by atoms with Crippen LogP contribution in [-0.2, 0) is 11.2 Å². The van der Waals surface area contributed by atoms with Crippen molar-refractivity contribution in [2.75, 3.05) is 0 Å². The molecule has 0 aromatic heterocycles. The van der Waals surface area contributed by atoms with Gasteiger partial charge in [0.15, 0.2) is 5.78 Å². The van der Waals surface area contributed by atoms with Gasteiger partial charge in [0, 0.05) is 6.42 Å². The van der Waals surface area contributed by atoms with Crippen molar-refractivity contribution in [1.82, 2.24) is 0 Å². The summed E-state index contributed by atoms with van der Waals surface area (Å²) in [7, 11) is 0. The van der Waals surface area contributed by atoms with Crippen molar-refractivity contribution in [2.24, 2.45) is 0 Å². The number of Topliss-reactive ketones (excluding diaryl/α,β-unsaturated/α-hetero) is 1. The Bertz CT molecular complexity index is 470. The van der Waals surface area contributed by atoms with Gasteiger partial charge in [0.2, 0.25) is 0 Å². The lowest BCUT2D eigenvalue weighted by molar-refractivity contribution is -0.116. The molecular formula is C19H26O. The van der Waals surface area contributed by atoms with Gasteiger partial charge >= 0.3 is 0 Å². The third-order valence-corrected chi connectivity index (χ3v) is 4.14. The third kappa shape index (κ3) is 4.33. The van der Waals surface area contributed by atoms with Crippen LogP contribution >= 0.6 is 0 Å². The Labute approximate surface area is 123 Å². The minimum Gasteiger partial charge on any atom is -0.295 e. The van der Waals surface area contributed by atoms with Gasteiger partial charge in [-0.15, -0.1) is 0 Å². The van der Waals surface area contributed by atoms with Crippen LogP contribution in [0.3, 0.4) is 0 Å². The number of hydrogen-bond donors (Lipinski definition) is 0. The zero-order valence-corrected chi connectivity index (χ0v) is 12.7. The van der Waals surface area contributed by atoms with Gasteiger partial charge in [0.1, 0.15) is 0 Å². The second-order valence-corrected chi connectivity index (χ2v) is 5.81. The summed E-state index contributed by atoms with van der Waals surface area (Å²) < 4.78 is 0. The molecule has 1 heteroatoms. The molecule has 0 unspecified atom stereocenters. The summed E-state index contributed by atoms with van der Waals surface area (Å²) in [5.74, 6) is 0.358. The first-order valence-corrected chi connectivity index (χ1v) is 8.13. The Balaban J connectivity index is 2.07. The van der Waals surface area contributed by atoms with Crippen LogP contribution in [0.15, 0.2) is 29.8 Å². The van der Waals surface area contributed by atoms with Crippen molar-refractivity contribution in [1.29, 1.82) is 0 Å². The second kappa shape index (κ2) is 8.04. The van der Waals surface area contributed by atoms with Crippen molar-refractivity contribution in [3.8, 4) is 0 Å². The first kappa shape index (κ1) is 15.0. The molecule has 1 aliphatic carbocycles. The molecule has 1 saturated carbocycles. The standard InChI is InChI=1S/C19H26O/c1-2-3-4-5-10-16-11-6-7-12-17(16)15-18-13-8-9-14-19(18)20/h6-7,11-12,15H,2-5,8-10,13-14H2,1H3. The van der Waals surface area contributed by atoms with E-state index in [1.165, 1.54) is 36.8 Å². The average Bonchev–Trinajstić information content (AvgIpc) is 2.47. The van der Waals surface area contributed by atoms with Gasteiger partial charge in [-0.25, -0.2) is 0 Å². The Morgan fingerprint density at radius 3 is 2.65 bits per heavy atom. The third-order valence-electron chi connectivity index (χ3n) is 4.14. The lowest BCUT2D eigenvalue weighted by atomic mass is 9.90. The van der Waals surface area contributed by atoms with Crippen LogP contribution in [0.1, 0.15) is 69.4 Å². The van der Waals surface area contributed by atoms with E-state index >= 15 is 0 Å². The van der Waals surface area contributed by atoms with E-state index in [0.29, 0.717) is 5.78 Å². The number of unbranched alkanes of at least 4 members (excludes halogenated alkanes) is 3. The number of carbonyl (C=O) groups excluding carboxylic acids is 1.